The third-order valence-electron chi connectivity index (χ3n) is 7.76. The highest BCUT2D eigenvalue weighted by atomic mass is 19.4. The standard InChI is InChI=1S/C30H34F4/c1-2-3-4-5-6-7-21-10-15-26-24(18-21)13-14-25-19-22(11-16-27(25)26)8-9-23-12-17-28(29(31)20-23)30(32,33)34/h11-12,16-17,19-21,24,26H,2-7,10,13-15,18H2,1H3. The van der Waals surface area contributed by atoms with Crippen LogP contribution < -0.4 is 0 Å². The van der Waals surface area contributed by atoms with Gasteiger partial charge in [-0.05, 0) is 91.3 Å². The lowest BCUT2D eigenvalue weighted by atomic mass is 9.64. The summed E-state index contributed by atoms with van der Waals surface area (Å²) >= 11 is 0. The Morgan fingerprint density at radius 1 is 0.882 bits per heavy atom. The molecule has 0 nitrogen and oxygen atoms in total. The average Bonchev–Trinajstić information content (AvgIpc) is 2.81. The second-order valence-corrected chi connectivity index (χ2v) is 10.1. The number of hydrogen-bond donors (Lipinski definition) is 0. The molecule has 4 heteroatoms. The van der Waals surface area contributed by atoms with Gasteiger partial charge in [-0.1, -0.05) is 63.4 Å². The normalized spacial score (nSPS) is 21.9. The third-order valence-corrected chi connectivity index (χ3v) is 7.76. The van der Waals surface area contributed by atoms with Crippen molar-refractivity contribution in [2.45, 2.75) is 89.6 Å². The zero-order valence-corrected chi connectivity index (χ0v) is 20.0. The number of rotatable bonds is 6. The molecule has 0 spiro atoms. The van der Waals surface area contributed by atoms with Crippen LogP contribution in [0.2, 0.25) is 0 Å². The fraction of sp³-hybridized carbons (Fsp3) is 0.533. The number of unbranched alkanes of at least 4 members (excludes halogenated alkanes) is 4. The summed E-state index contributed by atoms with van der Waals surface area (Å²) in [4.78, 5) is 0. The molecule has 0 aromatic heterocycles. The molecule has 0 saturated heterocycles. The molecule has 2 aliphatic carbocycles. The molecule has 182 valence electrons. The quantitative estimate of drug-likeness (QED) is 0.224. The van der Waals surface area contributed by atoms with Crippen LogP contribution in [-0.4, -0.2) is 0 Å². The highest BCUT2D eigenvalue weighted by Crippen LogP contribution is 2.48. The number of halogens is 4. The van der Waals surface area contributed by atoms with Gasteiger partial charge >= 0.3 is 6.18 Å². The maximum absolute atomic E-state index is 13.8. The van der Waals surface area contributed by atoms with Crippen molar-refractivity contribution in [1.29, 1.82) is 0 Å². The van der Waals surface area contributed by atoms with Gasteiger partial charge in [-0.25, -0.2) is 4.39 Å². The minimum Gasteiger partial charge on any atom is -0.206 e. The summed E-state index contributed by atoms with van der Waals surface area (Å²) in [5.41, 5.74) is 2.63. The molecule has 0 N–H and O–H groups in total. The predicted molar refractivity (Wildman–Crippen MR) is 129 cm³/mol. The van der Waals surface area contributed by atoms with Gasteiger partial charge in [0.1, 0.15) is 5.82 Å². The minimum atomic E-state index is -4.69. The Kier molecular flexibility index (Phi) is 8.02. The van der Waals surface area contributed by atoms with Gasteiger partial charge in [0.25, 0.3) is 0 Å². The molecule has 0 heterocycles. The second kappa shape index (κ2) is 11.0. The van der Waals surface area contributed by atoms with Crippen LogP contribution in [0, 0.1) is 29.5 Å². The first-order valence-electron chi connectivity index (χ1n) is 12.9. The summed E-state index contributed by atoms with van der Waals surface area (Å²) in [6.45, 7) is 2.26. The van der Waals surface area contributed by atoms with E-state index in [1.807, 2.05) is 6.07 Å². The van der Waals surface area contributed by atoms with Crippen molar-refractivity contribution in [3.05, 3.63) is 70.0 Å². The van der Waals surface area contributed by atoms with Crippen molar-refractivity contribution in [3.8, 4) is 11.8 Å². The lowest BCUT2D eigenvalue weighted by molar-refractivity contribution is -0.140. The molecule has 1 fully saturated rings. The summed E-state index contributed by atoms with van der Waals surface area (Å²) in [6.07, 6.45) is 9.73. The zero-order chi connectivity index (χ0) is 24.1. The van der Waals surface area contributed by atoms with Crippen LogP contribution in [0.25, 0.3) is 0 Å². The van der Waals surface area contributed by atoms with Gasteiger partial charge in [0.2, 0.25) is 0 Å². The number of hydrogen-bond acceptors (Lipinski definition) is 0. The number of fused-ring (bicyclic) bond motifs is 3. The molecule has 2 aliphatic rings. The molecule has 3 unspecified atom stereocenters. The van der Waals surface area contributed by atoms with Crippen molar-refractivity contribution < 1.29 is 17.6 Å². The Morgan fingerprint density at radius 2 is 1.62 bits per heavy atom. The summed E-state index contributed by atoms with van der Waals surface area (Å²) in [6, 6.07) is 9.18. The van der Waals surface area contributed by atoms with Gasteiger partial charge in [-0.3, -0.25) is 0 Å². The van der Waals surface area contributed by atoms with Crippen molar-refractivity contribution in [2.24, 2.45) is 11.8 Å². The third kappa shape index (κ3) is 6.04. The number of alkyl halides is 3. The Balaban J connectivity index is 1.38. The van der Waals surface area contributed by atoms with E-state index >= 15 is 0 Å². The Morgan fingerprint density at radius 3 is 2.35 bits per heavy atom. The van der Waals surface area contributed by atoms with Gasteiger partial charge in [0.05, 0.1) is 5.56 Å². The van der Waals surface area contributed by atoms with E-state index in [-0.39, 0.29) is 5.56 Å². The first-order valence-corrected chi connectivity index (χ1v) is 12.9. The summed E-state index contributed by atoms with van der Waals surface area (Å²) in [7, 11) is 0. The van der Waals surface area contributed by atoms with E-state index in [1.165, 1.54) is 81.4 Å². The van der Waals surface area contributed by atoms with Gasteiger partial charge in [-0.15, -0.1) is 0 Å². The van der Waals surface area contributed by atoms with Crippen LogP contribution in [0.5, 0.6) is 0 Å². The molecular weight excluding hydrogens is 436 g/mol. The van der Waals surface area contributed by atoms with E-state index in [9.17, 15) is 17.6 Å². The predicted octanol–water partition coefficient (Wildman–Crippen LogP) is 9.05. The molecular formula is C30H34F4. The lowest BCUT2D eigenvalue weighted by Crippen LogP contribution is -2.28. The summed E-state index contributed by atoms with van der Waals surface area (Å²) in [5.74, 6) is 6.87. The van der Waals surface area contributed by atoms with E-state index in [4.69, 9.17) is 0 Å². The van der Waals surface area contributed by atoms with Crippen molar-refractivity contribution in [2.75, 3.05) is 0 Å². The van der Waals surface area contributed by atoms with Gasteiger partial charge in [0.15, 0.2) is 0 Å². The largest absolute Gasteiger partial charge is 0.419 e. The van der Waals surface area contributed by atoms with Gasteiger partial charge in [-0.2, -0.15) is 13.2 Å². The number of aryl methyl sites for hydroxylation is 1. The molecule has 0 amide bonds. The molecule has 0 bridgehead atoms. The molecule has 2 aromatic carbocycles. The van der Waals surface area contributed by atoms with Crippen LogP contribution >= 0.6 is 0 Å². The Labute approximate surface area is 201 Å². The maximum Gasteiger partial charge on any atom is 0.419 e. The topological polar surface area (TPSA) is 0 Å². The van der Waals surface area contributed by atoms with Crippen LogP contribution in [0.4, 0.5) is 17.6 Å². The Bertz CT molecular complexity index is 1040. The first kappa shape index (κ1) is 24.8. The molecule has 1 saturated carbocycles. The van der Waals surface area contributed by atoms with E-state index in [2.05, 4.69) is 30.9 Å². The Hall–Kier alpha value is -2.28. The molecule has 0 radical (unpaired) electrons. The van der Waals surface area contributed by atoms with Crippen molar-refractivity contribution in [3.63, 3.8) is 0 Å². The van der Waals surface area contributed by atoms with Crippen LogP contribution in [0.15, 0.2) is 36.4 Å². The van der Waals surface area contributed by atoms with E-state index < -0.39 is 17.6 Å². The smallest absolute Gasteiger partial charge is 0.206 e. The molecule has 34 heavy (non-hydrogen) atoms. The summed E-state index contributed by atoms with van der Waals surface area (Å²) in [5, 5.41) is 0. The fourth-order valence-electron chi connectivity index (χ4n) is 5.96. The molecule has 0 aliphatic heterocycles. The van der Waals surface area contributed by atoms with Crippen LogP contribution in [0.1, 0.15) is 105 Å². The highest BCUT2D eigenvalue weighted by molar-refractivity contribution is 5.48. The van der Waals surface area contributed by atoms with Crippen molar-refractivity contribution in [1.82, 2.24) is 0 Å². The lowest BCUT2D eigenvalue weighted by Gasteiger charge is -2.40. The molecule has 2 aromatic rings. The second-order valence-electron chi connectivity index (χ2n) is 10.1. The van der Waals surface area contributed by atoms with Gasteiger partial charge in [0, 0.05) is 11.1 Å². The fourth-order valence-corrected chi connectivity index (χ4v) is 5.96. The monoisotopic (exact) mass is 470 g/mol. The van der Waals surface area contributed by atoms with E-state index in [0.29, 0.717) is 5.92 Å². The van der Waals surface area contributed by atoms with Crippen molar-refractivity contribution >= 4 is 0 Å². The van der Waals surface area contributed by atoms with E-state index in [1.54, 1.807) is 0 Å². The molecule has 3 atom stereocenters. The SMILES string of the molecule is CCCCCCCC1CCC2c3ccc(C#Cc4ccc(C(F)(F)F)c(F)c4)cc3CCC2C1. The summed E-state index contributed by atoms with van der Waals surface area (Å²) < 4.78 is 52.1. The first-order chi connectivity index (χ1) is 16.3. The van der Waals surface area contributed by atoms with Crippen LogP contribution in [0.3, 0.4) is 0 Å². The highest BCUT2D eigenvalue weighted by Gasteiger charge is 2.35. The average molecular weight is 471 g/mol. The van der Waals surface area contributed by atoms with Crippen LogP contribution in [-0.2, 0) is 12.6 Å². The minimum absolute atomic E-state index is 0.247. The maximum atomic E-state index is 13.8. The van der Waals surface area contributed by atoms with E-state index in [0.717, 1.165) is 36.0 Å². The number of benzene rings is 2. The molecule has 4 rings (SSSR count). The zero-order valence-electron chi connectivity index (χ0n) is 20.0. The van der Waals surface area contributed by atoms with Gasteiger partial charge < -0.3 is 0 Å².